The van der Waals surface area contributed by atoms with Crippen molar-refractivity contribution >= 4 is 10.9 Å². The van der Waals surface area contributed by atoms with E-state index >= 15 is 0 Å². The summed E-state index contributed by atoms with van der Waals surface area (Å²) >= 11 is 0. The monoisotopic (exact) mass is 391 g/mol. The number of hydrogen-bond donors (Lipinski definition) is 0. The Morgan fingerprint density at radius 2 is 1.90 bits per heavy atom. The predicted molar refractivity (Wildman–Crippen MR) is 110 cm³/mol. The smallest absolute Gasteiger partial charge is 0.263 e. The van der Waals surface area contributed by atoms with Gasteiger partial charge in [0.15, 0.2) is 0 Å². The number of rotatable bonds is 6. The molecule has 0 unspecified atom stereocenters. The standard InChI is InChI=1S/C22H21N3O4/c1-4-11-25-13-17(20(26)15-7-5-6-8-18(15)25)22-23-21(24-29-22)16-10-9-14(27-2)12-19(16)28-3/h5-10,12-13H,4,11H2,1-3H3. The number of aryl methyl sites for hydroxylation is 1. The number of benzene rings is 2. The lowest BCUT2D eigenvalue weighted by molar-refractivity contribution is 0.394. The zero-order chi connectivity index (χ0) is 20.4. The molecule has 29 heavy (non-hydrogen) atoms. The first-order valence-electron chi connectivity index (χ1n) is 9.35. The molecule has 7 heteroatoms. The summed E-state index contributed by atoms with van der Waals surface area (Å²) in [7, 11) is 3.15. The second-order valence-corrected chi connectivity index (χ2v) is 6.57. The van der Waals surface area contributed by atoms with E-state index in [2.05, 4.69) is 17.1 Å². The van der Waals surface area contributed by atoms with Crippen molar-refractivity contribution in [2.75, 3.05) is 14.2 Å². The molecule has 2 aromatic carbocycles. The fraction of sp³-hybridized carbons (Fsp3) is 0.227. The van der Waals surface area contributed by atoms with E-state index in [1.807, 2.05) is 28.8 Å². The lowest BCUT2D eigenvalue weighted by Gasteiger charge is -2.11. The number of nitrogens with zero attached hydrogens (tertiary/aromatic N) is 3. The molecule has 7 nitrogen and oxygen atoms in total. The van der Waals surface area contributed by atoms with Crippen LogP contribution in [0.3, 0.4) is 0 Å². The molecule has 0 saturated heterocycles. The summed E-state index contributed by atoms with van der Waals surface area (Å²) in [6, 6.07) is 12.9. The summed E-state index contributed by atoms with van der Waals surface area (Å²) in [4.78, 5) is 17.5. The molecular formula is C22H21N3O4. The summed E-state index contributed by atoms with van der Waals surface area (Å²) < 4.78 is 18.2. The number of aromatic nitrogens is 3. The third-order valence-electron chi connectivity index (χ3n) is 4.76. The van der Waals surface area contributed by atoms with Gasteiger partial charge in [-0.1, -0.05) is 24.2 Å². The SMILES string of the molecule is CCCn1cc(-c2nc(-c3ccc(OC)cc3OC)no2)c(=O)c2ccccc21. The number of fused-ring (bicyclic) bond motifs is 1. The number of hydrogen-bond acceptors (Lipinski definition) is 6. The molecule has 148 valence electrons. The van der Waals surface area contributed by atoms with Crippen LogP contribution >= 0.6 is 0 Å². The minimum absolute atomic E-state index is 0.134. The fourth-order valence-corrected chi connectivity index (χ4v) is 3.35. The van der Waals surface area contributed by atoms with Crippen molar-refractivity contribution in [2.45, 2.75) is 19.9 Å². The molecule has 0 saturated carbocycles. The molecule has 0 spiro atoms. The highest BCUT2D eigenvalue weighted by atomic mass is 16.5. The van der Waals surface area contributed by atoms with Crippen molar-refractivity contribution < 1.29 is 14.0 Å². The van der Waals surface area contributed by atoms with Gasteiger partial charge in [0.05, 0.1) is 25.3 Å². The number of ether oxygens (including phenoxy) is 2. The largest absolute Gasteiger partial charge is 0.497 e. The third-order valence-corrected chi connectivity index (χ3v) is 4.76. The van der Waals surface area contributed by atoms with Gasteiger partial charge in [0.2, 0.25) is 11.3 Å². The first kappa shape index (κ1) is 18.7. The predicted octanol–water partition coefficient (Wildman–Crippen LogP) is 4.15. The molecule has 2 heterocycles. The van der Waals surface area contributed by atoms with Crippen molar-refractivity contribution in [3.63, 3.8) is 0 Å². The van der Waals surface area contributed by atoms with E-state index in [0.29, 0.717) is 33.8 Å². The fourth-order valence-electron chi connectivity index (χ4n) is 3.35. The average Bonchev–Trinajstić information content (AvgIpc) is 3.25. The maximum Gasteiger partial charge on any atom is 0.263 e. The van der Waals surface area contributed by atoms with Gasteiger partial charge in [-0.15, -0.1) is 0 Å². The van der Waals surface area contributed by atoms with Crippen molar-refractivity contribution in [1.82, 2.24) is 14.7 Å². The molecule has 4 rings (SSSR count). The topological polar surface area (TPSA) is 79.4 Å². The maximum absolute atomic E-state index is 13.1. The molecular weight excluding hydrogens is 370 g/mol. The summed E-state index contributed by atoms with van der Waals surface area (Å²) in [5.41, 5.74) is 1.78. The second-order valence-electron chi connectivity index (χ2n) is 6.57. The van der Waals surface area contributed by atoms with Crippen LogP contribution in [-0.2, 0) is 6.54 Å². The summed E-state index contributed by atoms with van der Waals surface area (Å²) in [6.45, 7) is 2.87. The van der Waals surface area contributed by atoms with E-state index in [0.717, 1.165) is 18.5 Å². The van der Waals surface area contributed by atoms with E-state index in [1.165, 1.54) is 0 Å². The van der Waals surface area contributed by atoms with E-state index < -0.39 is 0 Å². The minimum atomic E-state index is -0.134. The zero-order valence-electron chi connectivity index (χ0n) is 16.5. The molecule has 0 amide bonds. The summed E-state index contributed by atoms with van der Waals surface area (Å²) in [6.07, 6.45) is 2.72. The van der Waals surface area contributed by atoms with Gasteiger partial charge < -0.3 is 18.6 Å². The molecule has 4 aromatic rings. The molecule has 0 aliphatic rings. The van der Waals surface area contributed by atoms with Crippen LogP contribution in [-0.4, -0.2) is 28.9 Å². The normalized spacial score (nSPS) is 11.0. The van der Waals surface area contributed by atoms with Crippen molar-refractivity contribution in [3.8, 4) is 34.3 Å². The highest BCUT2D eigenvalue weighted by Gasteiger charge is 2.19. The Hall–Kier alpha value is -3.61. The van der Waals surface area contributed by atoms with Gasteiger partial charge >= 0.3 is 0 Å². The van der Waals surface area contributed by atoms with Gasteiger partial charge in [0, 0.05) is 24.2 Å². The van der Waals surface area contributed by atoms with Crippen molar-refractivity contribution in [2.24, 2.45) is 0 Å². The van der Waals surface area contributed by atoms with Crippen LogP contribution in [0.4, 0.5) is 0 Å². The van der Waals surface area contributed by atoms with Crippen LogP contribution in [0.5, 0.6) is 11.5 Å². The van der Waals surface area contributed by atoms with Gasteiger partial charge in [-0.3, -0.25) is 4.79 Å². The Morgan fingerprint density at radius 1 is 1.07 bits per heavy atom. The van der Waals surface area contributed by atoms with Crippen LogP contribution in [0.15, 0.2) is 58.0 Å². The average molecular weight is 391 g/mol. The molecule has 0 aliphatic heterocycles. The molecule has 0 N–H and O–H groups in total. The highest BCUT2D eigenvalue weighted by Crippen LogP contribution is 2.32. The number of methoxy groups -OCH3 is 2. The van der Waals surface area contributed by atoms with Crippen LogP contribution < -0.4 is 14.9 Å². The van der Waals surface area contributed by atoms with E-state index in [1.54, 1.807) is 38.6 Å². The molecule has 0 atom stereocenters. The lowest BCUT2D eigenvalue weighted by Crippen LogP contribution is -2.12. The third kappa shape index (κ3) is 3.35. The molecule has 0 fully saturated rings. The van der Waals surface area contributed by atoms with Crippen molar-refractivity contribution in [3.05, 3.63) is 58.9 Å². The van der Waals surface area contributed by atoms with Crippen LogP contribution in [0.1, 0.15) is 13.3 Å². The molecule has 0 aliphatic carbocycles. The van der Waals surface area contributed by atoms with Gasteiger partial charge in [0.1, 0.15) is 17.1 Å². The number of para-hydroxylation sites is 1. The minimum Gasteiger partial charge on any atom is -0.497 e. The van der Waals surface area contributed by atoms with Crippen molar-refractivity contribution in [1.29, 1.82) is 0 Å². The first-order valence-corrected chi connectivity index (χ1v) is 9.35. The Kier molecular flexibility index (Phi) is 5.03. The van der Waals surface area contributed by atoms with Gasteiger partial charge in [-0.05, 0) is 30.7 Å². The lowest BCUT2D eigenvalue weighted by atomic mass is 10.1. The number of pyridine rings is 1. The van der Waals surface area contributed by atoms with Gasteiger partial charge in [-0.25, -0.2) is 0 Å². The van der Waals surface area contributed by atoms with Gasteiger partial charge in [-0.2, -0.15) is 4.98 Å². The van der Waals surface area contributed by atoms with E-state index in [4.69, 9.17) is 14.0 Å². The molecule has 0 bridgehead atoms. The zero-order valence-corrected chi connectivity index (χ0v) is 16.5. The Balaban J connectivity index is 1.84. The van der Waals surface area contributed by atoms with E-state index in [9.17, 15) is 4.79 Å². The molecule has 2 aromatic heterocycles. The Morgan fingerprint density at radius 3 is 2.66 bits per heavy atom. The maximum atomic E-state index is 13.1. The summed E-state index contributed by atoms with van der Waals surface area (Å²) in [5.74, 6) is 1.73. The van der Waals surface area contributed by atoms with E-state index in [-0.39, 0.29) is 11.3 Å². The molecule has 0 radical (unpaired) electrons. The Bertz CT molecular complexity index is 1230. The highest BCUT2D eigenvalue weighted by molar-refractivity contribution is 5.83. The Labute approximate surface area is 167 Å². The quantitative estimate of drug-likeness (QED) is 0.491. The second kappa shape index (κ2) is 7.79. The van der Waals surface area contributed by atoms with Crippen LogP contribution in [0.25, 0.3) is 33.7 Å². The summed E-state index contributed by atoms with van der Waals surface area (Å²) in [5, 5.41) is 4.69. The van der Waals surface area contributed by atoms with Gasteiger partial charge in [0.25, 0.3) is 5.89 Å². The van der Waals surface area contributed by atoms with Crippen LogP contribution in [0, 0.1) is 0 Å². The first-order chi connectivity index (χ1) is 14.2. The van der Waals surface area contributed by atoms with Crippen LogP contribution in [0.2, 0.25) is 0 Å².